The molecule has 0 bridgehead atoms. The van der Waals surface area contributed by atoms with E-state index in [0.29, 0.717) is 48.5 Å². The van der Waals surface area contributed by atoms with Crippen LogP contribution in [0, 0.1) is 28.4 Å². The van der Waals surface area contributed by atoms with Crippen molar-refractivity contribution in [3.8, 4) is 34.6 Å². The number of carbonyl (C=O) groups is 1. The number of hydrogen-bond acceptors (Lipinski definition) is 8. The van der Waals surface area contributed by atoms with Gasteiger partial charge in [-0.05, 0) is 35.9 Å². The van der Waals surface area contributed by atoms with Crippen molar-refractivity contribution in [3.63, 3.8) is 0 Å². The van der Waals surface area contributed by atoms with Crippen molar-refractivity contribution in [1.82, 2.24) is 19.9 Å². The summed E-state index contributed by atoms with van der Waals surface area (Å²) >= 11 is 0. The largest absolute Gasteiger partial charge is 0.480 e. The number of rotatable bonds is 13. The van der Waals surface area contributed by atoms with E-state index in [4.69, 9.17) is 18.9 Å². The smallest absolute Gasteiger partial charge is 0.231 e. The number of nitrogens with zero attached hydrogens (tertiary/aromatic N) is 4. The summed E-state index contributed by atoms with van der Waals surface area (Å²) in [5.74, 6) is -2.58. The van der Waals surface area contributed by atoms with Crippen molar-refractivity contribution < 1.29 is 32.5 Å². The van der Waals surface area contributed by atoms with Gasteiger partial charge in [-0.25, -0.2) is 18.7 Å². The number of halogens is 2. The Morgan fingerprint density at radius 3 is 2.57 bits per heavy atom. The molecule has 1 aromatic carbocycles. The highest BCUT2D eigenvalue weighted by Gasteiger charge is 2.33. The summed E-state index contributed by atoms with van der Waals surface area (Å²) in [5.41, 5.74) is 1.82. The quantitative estimate of drug-likeness (QED) is 0.137. The standard InChI is InChI=1S/C33H37F2N5O5Si/c1-33(18-44-19-33)17-39-28(41)12-21-10-25(34)30(26(35)11-21)45-27-6-7-37-31-29(27)24(16-40(31)20-43-8-9-46(3,4)5)23-13-22(14-36)32(42-2)38-15-23/h6-7,10-11,13,15-16H,8-9,12,17-20H2,1-5H3,(H,39,41). The molecule has 4 heterocycles. The van der Waals surface area contributed by atoms with Crippen LogP contribution in [0.25, 0.3) is 22.2 Å². The molecule has 1 amide bonds. The van der Waals surface area contributed by atoms with Crippen LogP contribution in [-0.2, 0) is 27.4 Å². The number of fused-ring (bicyclic) bond motifs is 1. The summed E-state index contributed by atoms with van der Waals surface area (Å²) in [6, 6.07) is 8.37. The first-order chi connectivity index (χ1) is 21.9. The molecular weight excluding hydrogens is 612 g/mol. The van der Waals surface area contributed by atoms with Gasteiger partial charge in [0, 0.05) is 56.4 Å². The number of nitriles is 1. The maximum atomic E-state index is 15.4. The average Bonchev–Trinajstić information content (AvgIpc) is 3.37. The summed E-state index contributed by atoms with van der Waals surface area (Å²) in [6.45, 7) is 11.1. The zero-order chi connectivity index (χ0) is 33.1. The SMILES string of the molecule is COc1ncc(-c2cn(COCC[Si](C)(C)C)c3nccc(Oc4c(F)cc(CC(=O)NCC5(C)COC5)cc4F)c23)cc1C#N. The van der Waals surface area contributed by atoms with E-state index in [-0.39, 0.29) is 47.2 Å². The molecule has 0 unspecified atom stereocenters. The predicted octanol–water partition coefficient (Wildman–Crippen LogP) is 6.06. The molecule has 0 spiro atoms. The lowest BCUT2D eigenvalue weighted by molar-refractivity contribution is -0.126. The first-order valence-electron chi connectivity index (χ1n) is 14.9. The Morgan fingerprint density at radius 1 is 1.20 bits per heavy atom. The molecule has 0 aliphatic carbocycles. The Hall–Kier alpha value is -4.38. The molecule has 0 radical (unpaired) electrons. The van der Waals surface area contributed by atoms with Crippen molar-refractivity contribution >= 4 is 25.0 Å². The lowest BCUT2D eigenvalue weighted by Crippen LogP contribution is -2.48. The molecule has 4 aromatic rings. The fraction of sp³-hybridized carbons (Fsp3) is 0.394. The Labute approximate surface area is 267 Å². The van der Waals surface area contributed by atoms with Crippen molar-refractivity contribution in [2.24, 2.45) is 5.41 Å². The van der Waals surface area contributed by atoms with E-state index in [2.05, 4.69) is 41.0 Å². The number of pyridine rings is 2. The maximum absolute atomic E-state index is 15.4. The van der Waals surface area contributed by atoms with Crippen LogP contribution in [0.1, 0.15) is 18.1 Å². The van der Waals surface area contributed by atoms with Crippen LogP contribution in [0.2, 0.25) is 25.7 Å². The van der Waals surface area contributed by atoms with Crippen molar-refractivity contribution in [2.45, 2.75) is 45.8 Å². The average molecular weight is 650 g/mol. The molecule has 1 aliphatic heterocycles. The number of methoxy groups -OCH3 is 1. The summed E-state index contributed by atoms with van der Waals surface area (Å²) in [4.78, 5) is 21.3. The van der Waals surface area contributed by atoms with Gasteiger partial charge in [0.15, 0.2) is 17.4 Å². The van der Waals surface area contributed by atoms with Gasteiger partial charge in [0.2, 0.25) is 11.8 Å². The Bertz CT molecular complexity index is 1770. The van der Waals surface area contributed by atoms with E-state index < -0.39 is 25.5 Å². The number of aromatic nitrogens is 3. The molecule has 5 rings (SSSR count). The first-order valence-corrected chi connectivity index (χ1v) is 18.6. The monoisotopic (exact) mass is 649 g/mol. The number of amides is 1. The molecule has 1 N–H and O–H groups in total. The number of benzene rings is 1. The molecule has 46 heavy (non-hydrogen) atoms. The first kappa shape index (κ1) is 33.0. The Kier molecular flexibility index (Phi) is 9.71. The van der Waals surface area contributed by atoms with Gasteiger partial charge in [-0.3, -0.25) is 4.79 Å². The number of nitrogens with one attached hydrogen (secondary N) is 1. The van der Waals surface area contributed by atoms with Crippen molar-refractivity contribution in [1.29, 1.82) is 5.26 Å². The van der Waals surface area contributed by atoms with Gasteiger partial charge in [0.25, 0.3) is 0 Å². The summed E-state index contributed by atoms with van der Waals surface area (Å²) in [5, 5.41) is 12.9. The normalized spacial score (nSPS) is 14.0. The molecule has 0 saturated carbocycles. The van der Waals surface area contributed by atoms with Gasteiger partial charge in [-0.1, -0.05) is 26.6 Å². The van der Waals surface area contributed by atoms with Gasteiger partial charge >= 0.3 is 0 Å². The third kappa shape index (κ3) is 7.52. The summed E-state index contributed by atoms with van der Waals surface area (Å²) in [6.07, 6.45) is 4.62. The summed E-state index contributed by atoms with van der Waals surface area (Å²) < 4.78 is 54.9. The van der Waals surface area contributed by atoms with Gasteiger partial charge in [0.05, 0.1) is 32.1 Å². The van der Waals surface area contributed by atoms with Crippen LogP contribution >= 0.6 is 0 Å². The maximum Gasteiger partial charge on any atom is 0.231 e. The second-order valence-corrected chi connectivity index (χ2v) is 18.6. The number of carbonyl (C=O) groups excluding carboxylic acids is 1. The third-order valence-electron chi connectivity index (χ3n) is 7.67. The van der Waals surface area contributed by atoms with Crippen LogP contribution < -0.4 is 14.8 Å². The van der Waals surface area contributed by atoms with Crippen LogP contribution in [0.15, 0.2) is 42.9 Å². The molecule has 10 nitrogen and oxygen atoms in total. The highest BCUT2D eigenvalue weighted by atomic mass is 28.3. The van der Waals surface area contributed by atoms with Crippen LogP contribution in [0.3, 0.4) is 0 Å². The minimum Gasteiger partial charge on any atom is -0.480 e. The molecule has 1 aliphatic rings. The highest BCUT2D eigenvalue weighted by Crippen LogP contribution is 2.40. The second-order valence-electron chi connectivity index (χ2n) is 13.0. The van der Waals surface area contributed by atoms with E-state index in [9.17, 15) is 10.1 Å². The zero-order valence-electron chi connectivity index (χ0n) is 26.6. The molecule has 3 aromatic heterocycles. The molecular formula is C33H37F2N5O5Si. The topological polar surface area (TPSA) is 121 Å². The minimum atomic E-state index is -1.32. The van der Waals surface area contributed by atoms with Crippen LogP contribution in [-0.4, -0.2) is 62.0 Å². The summed E-state index contributed by atoms with van der Waals surface area (Å²) in [7, 11) is 0.102. The number of ether oxygens (including phenoxy) is 4. The molecule has 13 heteroatoms. The van der Waals surface area contributed by atoms with E-state index >= 15 is 8.78 Å². The Balaban J connectivity index is 1.46. The zero-order valence-corrected chi connectivity index (χ0v) is 27.6. The van der Waals surface area contributed by atoms with Crippen molar-refractivity contribution in [3.05, 3.63) is 65.6 Å². The van der Waals surface area contributed by atoms with Crippen LogP contribution in [0.5, 0.6) is 17.4 Å². The van der Waals surface area contributed by atoms with Gasteiger partial charge in [-0.15, -0.1) is 0 Å². The highest BCUT2D eigenvalue weighted by molar-refractivity contribution is 6.76. The van der Waals surface area contributed by atoms with Gasteiger partial charge in [-0.2, -0.15) is 5.26 Å². The van der Waals surface area contributed by atoms with E-state index in [1.807, 2.05) is 6.92 Å². The number of hydrogen-bond donors (Lipinski definition) is 1. The predicted molar refractivity (Wildman–Crippen MR) is 170 cm³/mol. The Morgan fingerprint density at radius 2 is 1.93 bits per heavy atom. The second kappa shape index (κ2) is 13.5. The van der Waals surface area contributed by atoms with Gasteiger partial charge in [0.1, 0.15) is 29.8 Å². The lowest BCUT2D eigenvalue weighted by Gasteiger charge is -2.38. The van der Waals surface area contributed by atoms with Crippen LogP contribution in [0.4, 0.5) is 8.78 Å². The van der Waals surface area contributed by atoms with Gasteiger partial charge < -0.3 is 28.8 Å². The molecule has 242 valence electrons. The fourth-order valence-electron chi connectivity index (χ4n) is 5.01. The van der Waals surface area contributed by atoms with E-state index in [1.165, 1.54) is 19.4 Å². The van der Waals surface area contributed by atoms with E-state index in [1.54, 1.807) is 23.0 Å². The molecule has 1 fully saturated rings. The van der Waals surface area contributed by atoms with Crippen molar-refractivity contribution in [2.75, 3.05) is 33.5 Å². The molecule has 0 atom stereocenters. The minimum absolute atomic E-state index is 0.129. The third-order valence-corrected chi connectivity index (χ3v) is 9.37. The fourth-order valence-corrected chi connectivity index (χ4v) is 5.76. The van der Waals surface area contributed by atoms with E-state index in [0.717, 1.165) is 18.2 Å². The lowest BCUT2D eigenvalue weighted by atomic mass is 9.89. The molecule has 1 saturated heterocycles.